The van der Waals surface area contributed by atoms with E-state index in [9.17, 15) is 13.6 Å². The number of ether oxygens (including phenoxy) is 1. The standard InChI is InChI=1S/C23H24F2N6O3/c1-33-21(32)8-4-5-10-27-22-17(25)14-29-23(30-22)18(26)12-20(19-9-11-34-31-19)28-13-15-6-2-3-7-16(15)24/h2-3,6-7,9,11-12,14,26,28H,4-5,8,10,13H2,1H3,(H,27,29,30)/b20-12-,26-18?. The highest BCUT2D eigenvalue weighted by Gasteiger charge is 2.13. The van der Waals surface area contributed by atoms with Crippen molar-refractivity contribution in [2.24, 2.45) is 0 Å². The van der Waals surface area contributed by atoms with E-state index in [0.717, 1.165) is 6.20 Å². The van der Waals surface area contributed by atoms with Gasteiger partial charge in [-0.2, -0.15) is 0 Å². The molecular formula is C23H24F2N6O3. The van der Waals surface area contributed by atoms with Crippen LogP contribution in [0.4, 0.5) is 14.6 Å². The second-order valence-corrected chi connectivity index (χ2v) is 7.15. The molecule has 0 aliphatic carbocycles. The molecule has 0 spiro atoms. The average Bonchev–Trinajstić information content (AvgIpc) is 3.38. The number of anilines is 1. The van der Waals surface area contributed by atoms with Gasteiger partial charge in [-0.25, -0.2) is 18.7 Å². The Balaban J connectivity index is 1.70. The van der Waals surface area contributed by atoms with Crippen molar-refractivity contribution in [2.45, 2.75) is 25.8 Å². The smallest absolute Gasteiger partial charge is 0.305 e. The van der Waals surface area contributed by atoms with Crippen LogP contribution in [0, 0.1) is 17.0 Å². The van der Waals surface area contributed by atoms with Crippen molar-refractivity contribution < 1.29 is 22.8 Å². The Labute approximate surface area is 194 Å². The number of unbranched alkanes of at least 4 members (excludes halogenated alkanes) is 1. The van der Waals surface area contributed by atoms with Gasteiger partial charge in [-0.05, 0) is 25.0 Å². The first kappa shape index (κ1) is 24.5. The van der Waals surface area contributed by atoms with Gasteiger partial charge in [0.1, 0.15) is 23.5 Å². The van der Waals surface area contributed by atoms with Crippen molar-refractivity contribution in [3.05, 3.63) is 77.6 Å². The number of halogens is 2. The molecule has 34 heavy (non-hydrogen) atoms. The van der Waals surface area contributed by atoms with E-state index in [0.29, 0.717) is 36.3 Å². The van der Waals surface area contributed by atoms with Crippen molar-refractivity contribution in [1.29, 1.82) is 5.41 Å². The maximum atomic E-state index is 14.1. The highest BCUT2D eigenvalue weighted by Crippen LogP contribution is 2.15. The molecule has 2 aromatic heterocycles. The summed E-state index contributed by atoms with van der Waals surface area (Å²) >= 11 is 0. The minimum absolute atomic E-state index is 0.0212. The van der Waals surface area contributed by atoms with Crippen LogP contribution in [0.1, 0.15) is 36.3 Å². The molecule has 11 heteroatoms. The van der Waals surface area contributed by atoms with Crippen molar-refractivity contribution in [1.82, 2.24) is 20.4 Å². The first-order valence-corrected chi connectivity index (χ1v) is 10.5. The van der Waals surface area contributed by atoms with Crippen molar-refractivity contribution in [3.63, 3.8) is 0 Å². The quantitative estimate of drug-likeness (QED) is 0.208. The number of carbonyl (C=O) groups is 1. The molecule has 9 nitrogen and oxygen atoms in total. The lowest BCUT2D eigenvalue weighted by Gasteiger charge is -2.11. The molecule has 0 unspecified atom stereocenters. The summed E-state index contributed by atoms with van der Waals surface area (Å²) in [5, 5.41) is 18.2. The van der Waals surface area contributed by atoms with Gasteiger partial charge in [-0.15, -0.1) is 0 Å². The number of aromatic nitrogens is 3. The van der Waals surface area contributed by atoms with E-state index in [2.05, 4.69) is 30.5 Å². The van der Waals surface area contributed by atoms with E-state index < -0.39 is 5.82 Å². The zero-order chi connectivity index (χ0) is 24.3. The maximum Gasteiger partial charge on any atom is 0.305 e. The van der Waals surface area contributed by atoms with Crippen LogP contribution in [0.5, 0.6) is 0 Å². The topological polar surface area (TPSA) is 126 Å². The zero-order valence-electron chi connectivity index (χ0n) is 18.5. The van der Waals surface area contributed by atoms with Crippen LogP contribution in [0.15, 0.2) is 53.4 Å². The lowest BCUT2D eigenvalue weighted by Crippen LogP contribution is -2.16. The molecule has 0 saturated carbocycles. The number of nitrogens with one attached hydrogen (secondary N) is 3. The van der Waals surface area contributed by atoms with Gasteiger partial charge in [-0.3, -0.25) is 10.2 Å². The lowest BCUT2D eigenvalue weighted by molar-refractivity contribution is -0.140. The van der Waals surface area contributed by atoms with E-state index in [4.69, 9.17) is 9.93 Å². The van der Waals surface area contributed by atoms with Gasteiger partial charge >= 0.3 is 5.97 Å². The minimum Gasteiger partial charge on any atom is -0.469 e. The summed E-state index contributed by atoms with van der Waals surface area (Å²) in [5.74, 6) is -1.41. The van der Waals surface area contributed by atoms with Gasteiger partial charge < -0.3 is 19.9 Å². The van der Waals surface area contributed by atoms with E-state index >= 15 is 0 Å². The number of esters is 1. The summed E-state index contributed by atoms with van der Waals surface area (Å²) in [7, 11) is 1.32. The Hall–Kier alpha value is -4.15. The van der Waals surface area contributed by atoms with Crippen LogP contribution < -0.4 is 10.6 Å². The van der Waals surface area contributed by atoms with E-state index in [1.54, 1.807) is 24.3 Å². The fraction of sp³-hybridized carbons (Fsp3) is 0.261. The first-order chi connectivity index (χ1) is 16.5. The summed E-state index contributed by atoms with van der Waals surface area (Å²) in [6, 6.07) is 7.90. The van der Waals surface area contributed by atoms with Crippen LogP contribution in [0.2, 0.25) is 0 Å². The van der Waals surface area contributed by atoms with Gasteiger partial charge in [0.05, 0.1) is 19.0 Å². The Morgan fingerprint density at radius 2 is 2.03 bits per heavy atom. The van der Waals surface area contributed by atoms with Gasteiger partial charge in [0.15, 0.2) is 17.5 Å². The number of carbonyl (C=O) groups excluding carboxylic acids is 1. The van der Waals surface area contributed by atoms with Crippen LogP contribution in [0.3, 0.4) is 0 Å². The molecule has 178 valence electrons. The highest BCUT2D eigenvalue weighted by molar-refractivity contribution is 6.07. The van der Waals surface area contributed by atoms with E-state index in [1.807, 2.05) is 0 Å². The third-order valence-electron chi connectivity index (χ3n) is 4.74. The van der Waals surface area contributed by atoms with Crippen molar-refractivity contribution in [2.75, 3.05) is 19.0 Å². The second kappa shape index (κ2) is 12.2. The summed E-state index contributed by atoms with van der Waals surface area (Å²) in [5.41, 5.74) is 1.09. The van der Waals surface area contributed by atoms with Gasteiger partial charge in [0.25, 0.3) is 0 Å². The largest absolute Gasteiger partial charge is 0.469 e. The van der Waals surface area contributed by atoms with Crippen LogP contribution >= 0.6 is 0 Å². The molecule has 0 fully saturated rings. The number of methoxy groups -OCH3 is 1. The van der Waals surface area contributed by atoms with Gasteiger partial charge in [0.2, 0.25) is 0 Å². The molecule has 0 radical (unpaired) electrons. The number of allylic oxidation sites excluding steroid dienone is 1. The molecule has 1 aromatic carbocycles. The lowest BCUT2D eigenvalue weighted by atomic mass is 10.2. The summed E-state index contributed by atoms with van der Waals surface area (Å²) in [6.07, 6.45) is 5.20. The molecule has 0 atom stereocenters. The SMILES string of the molecule is COC(=O)CCCCNc1nc(C(=N)/C=C(\NCc2ccccc2F)c2ccon2)ncc1F. The average molecular weight is 470 g/mol. The number of benzene rings is 1. The predicted octanol–water partition coefficient (Wildman–Crippen LogP) is 3.70. The van der Waals surface area contributed by atoms with Gasteiger partial charge in [-0.1, -0.05) is 23.4 Å². The second-order valence-electron chi connectivity index (χ2n) is 7.15. The van der Waals surface area contributed by atoms with E-state index in [-0.39, 0.29) is 42.1 Å². The molecule has 0 bridgehead atoms. The molecular weight excluding hydrogens is 446 g/mol. The predicted molar refractivity (Wildman–Crippen MR) is 121 cm³/mol. The molecule has 3 aromatic rings. The Kier molecular flexibility index (Phi) is 8.78. The third kappa shape index (κ3) is 6.92. The summed E-state index contributed by atoms with van der Waals surface area (Å²) in [4.78, 5) is 19.1. The van der Waals surface area contributed by atoms with Crippen LogP contribution in [-0.2, 0) is 16.1 Å². The molecule has 0 aliphatic rings. The maximum absolute atomic E-state index is 14.1. The molecule has 0 aliphatic heterocycles. The summed E-state index contributed by atoms with van der Waals surface area (Å²) in [6.45, 7) is 0.517. The summed E-state index contributed by atoms with van der Waals surface area (Å²) < 4.78 is 37.6. The number of hydrogen-bond donors (Lipinski definition) is 3. The van der Waals surface area contributed by atoms with Crippen LogP contribution in [-0.4, -0.2) is 40.5 Å². The first-order valence-electron chi connectivity index (χ1n) is 10.5. The van der Waals surface area contributed by atoms with Gasteiger partial charge in [0, 0.05) is 31.1 Å². The van der Waals surface area contributed by atoms with Crippen molar-refractivity contribution >= 4 is 23.2 Å². The molecule has 3 rings (SSSR count). The Morgan fingerprint density at radius 1 is 1.21 bits per heavy atom. The van der Waals surface area contributed by atoms with Crippen LogP contribution in [0.25, 0.3) is 5.70 Å². The fourth-order valence-corrected chi connectivity index (χ4v) is 2.93. The number of hydrogen-bond acceptors (Lipinski definition) is 9. The molecule has 0 saturated heterocycles. The minimum atomic E-state index is -0.664. The van der Waals surface area contributed by atoms with E-state index in [1.165, 1.54) is 25.5 Å². The highest BCUT2D eigenvalue weighted by atomic mass is 19.1. The number of rotatable bonds is 12. The Morgan fingerprint density at radius 3 is 2.76 bits per heavy atom. The zero-order valence-corrected chi connectivity index (χ0v) is 18.5. The molecule has 3 N–H and O–H groups in total. The number of nitrogens with zero attached hydrogens (tertiary/aromatic N) is 3. The molecule has 0 amide bonds. The van der Waals surface area contributed by atoms with Crippen molar-refractivity contribution in [3.8, 4) is 0 Å². The Bertz CT molecular complexity index is 1150. The normalized spacial score (nSPS) is 11.2. The monoisotopic (exact) mass is 470 g/mol. The third-order valence-corrected chi connectivity index (χ3v) is 4.74. The molecule has 2 heterocycles. The fourth-order valence-electron chi connectivity index (χ4n) is 2.93.